The summed E-state index contributed by atoms with van der Waals surface area (Å²) >= 11 is 0. The van der Waals surface area contributed by atoms with Gasteiger partial charge in [0.05, 0.1) is 33.8 Å². The fourth-order valence-corrected chi connectivity index (χ4v) is 8.48. The van der Waals surface area contributed by atoms with Gasteiger partial charge in [-0.05, 0) is 66.3 Å². The van der Waals surface area contributed by atoms with Crippen LogP contribution in [0.5, 0.6) is 0 Å². The van der Waals surface area contributed by atoms with Crippen molar-refractivity contribution in [3.63, 3.8) is 0 Å². The second kappa shape index (κ2) is 16.0. The zero-order chi connectivity index (χ0) is 41.4. The highest BCUT2D eigenvalue weighted by Gasteiger charge is 2.24. The van der Waals surface area contributed by atoms with E-state index < -0.39 is 0 Å². The first kappa shape index (κ1) is 37.2. The van der Waals surface area contributed by atoms with E-state index in [2.05, 4.69) is 158 Å². The molecule has 11 rings (SSSR count). The van der Waals surface area contributed by atoms with Crippen LogP contribution in [0.4, 0.5) is 0 Å². The molecule has 0 radical (unpaired) electrons. The Kier molecular flexibility index (Phi) is 9.62. The van der Waals surface area contributed by atoms with Crippen LogP contribution in [0.1, 0.15) is 43.0 Å². The number of hydrogen-bond acceptors (Lipinski definition) is 7. The number of benzene rings is 5. The first-order valence-corrected chi connectivity index (χ1v) is 21.4. The van der Waals surface area contributed by atoms with E-state index in [4.69, 9.17) is 29.9 Å². The van der Waals surface area contributed by atoms with E-state index in [9.17, 15) is 0 Å². The van der Waals surface area contributed by atoms with Crippen LogP contribution < -0.4 is 0 Å². The van der Waals surface area contributed by atoms with Crippen molar-refractivity contribution in [2.24, 2.45) is 10.9 Å². The van der Waals surface area contributed by atoms with Crippen LogP contribution in [0.25, 0.3) is 95.7 Å². The lowest BCUT2D eigenvalue weighted by Gasteiger charge is -2.22. The zero-order valence-electron chi connectivity index (χ0n) is 34.3. The van der Waals surface area contributed by atoms with Gasteiger partial charge in [-0.1, -0.05) is 147 Å². The molecular formula is C55H41N7. The highest BCUT2D eigenvalue weighted by atomic mass is 15.0. The van der Waals surface area contributed by atoms with E-state index in [-0.39, 0.29) is 5.92 Å². The third-order valence-corrected chi connectivity index (χ3v) is 11.9. The number of hydrogen-bond donors (Lipinski definition) is 0. The van der Waals surface area contributed by atoms with Crippen molar-refractivity contribution in [2.45, 2.75) is 32.6 Å². The van der Waals surface area contributed by atoms with Crippen LogP contribution in [0.15, 0.2) is 175 Å². The van der Waals surface area contributed by atoms with Gasteiger partial charge in [-0.2, -0.15) is 0 Å². The number of rotatable bonds is 9. The summed E-state index contributed by atoms with van der Waals surface area (Å²) in [5.41, 5.74) is 14.8. The Morgan fingerprint density at radius 1 is 0.532 bits per heavy atom. The molecule has 0 fully saturated rings. The molecule has 7 heteroatoms. The lowest BCUT2D eigenvalue weighted by atomic mass is 9.87. The standard InChI is InChI=1S/C55H41N7/c1-2-3-8-35-15-17-36(18-16-35)37-19-25-42(26-20-37)53-60-54(45-11-4-9-43(33-45)47-29-27-40-23-21-38-13-6-31-56-49(38)51(40)58-47)62-55(61-53)46-12-5-10-44(34-46)48-30-28-41-24-22-39-14-7-32-57-50(39)52(41)59-48/h4-7,9-13,15-34,39H,2-3,8,14H2,1H3. The molecule has 0 N–H and O–H groups in total. The maximum Gasteiger partial charge on any atom is 0.164 e. The molecule has 0 bridgehead atoms. The molecule has 5 heterocycles. The monoisotopic (exact) mass is 799 g/mol. The molecular weight excluding hydrogens is 759 g/mol. The van der Waals surface area contributed by atoms with Crippen LogP contribution >= 0.6 is 0 Å². The summed E-state index contributed by atoms with van der Waals surface area (Å²) in [4.78, 5) is 35.2. The van der Waals surface area contributed by atoms with Crippen molar-refractivity contribution in [1.29, 1.82) is 0 Å². The van der Waals surface area contributed by atoms with E-state index in [0.717, 1.165) is 96.4 Å². The molecule has 1 unspecified atom stereocenters. The SMILES string of the molecule is CCCCc1ccc(-c2ccc(-c3nc(-c4cccc(-c5ccc6c(n5)C5=NC=CCC5C=C6)c4)nc(-c4cccc(-c5ccc6ccc7cccnc7c6n5)c4)n3)cc2)cc1. The van der Waals surface area contributed by atoms with Crippen LogP contribution in [0.2, 0.25) is 0 Å². The van der Waals surface area contributed by atoms with Crippen LogP contribution in [-0.4, -0.2) is 35.6 Å². The predicted octanol–water partition coefficient (Wildman–Crippen LogP) is 13.1. The van der Waals surface area contributed by atoms with E-state index in [1.165, 1.54) is 24.0 Å². The van der Waals surface area contributed by atoms with Gasteiger partial charge in [0, 0.05) is 62.5 Å². The lowest BCUT2D eigenvalue weighted by Crippen LogP contribution is -2.21. The Labute approximate surface area is 360 Å². The summed E-state index contributed by atoms with van der Waals surface area (Å²) in [6, 6.07) is 50.7. The number of aliphatic imine (C=N–C) groups is 1. The van der Waals surface area contributed by atoms with Crippen molar-refractivity contribution >= 4 is 33.6 Å². The van der Waals surface area contributed by atoms with E-state index in [1.54, 1.807) is 0 Å². The molecule has 7 nitrogen and oxygen atoms in total. The van der Waals surface area contributed by atoms with Crippen molar-refractivity contribution in [2.75, 3.05) is 0 Å². The minimum absolute atomic E-state index is 0.251. The normalized spacial score (nSPS) is 14.1. The predicted molar refractivity (Wildman–Crippen MR) is 252 cm³/mol. The minimum atomic E-state index is 0.251. The van der Waals surface area contributed by atoms with Gasteiger partial charge in [0.25, 0.3) is 0 Å². The molecule has 62 heavy (non-hydrogen) atoms. The number of aryl methyl sites for hydroxylation is 1. The van der Waals surface area contributed by atoms with E-state index >= 15 is 0 Å². The Balaban J connectivity index is 0.993. The van der Waals surface area contributed by atoms with Crippen LogP contribution in [0, 0.1) is 5.92 Å². The molecule has 0 spiro atoms. The first-order valence-electron chi connectivity index (χ1n) is 21.4. The molecule has 1 aliphatic heterocycles. The number of nitrogens with zero attached hydrogens (tertiary/aromatic N) is 7. The Morgan fingerprint density at radius 3 is 1.87 bits per heavy atom. The molecule has 0 saturated carbocycles. The third kappa shape index (κ3) is 7.17. The summed E-state index contributed by atoms with van der Waals surface area (Å²) in [6.07, 6.45) is 14.7. The van der Waals surface area contributed by atoms with Gasteiger partial charge >= 0.3 is 0 Å². The second-order valence-corrected chi connectivity index (χ2v) is 16.0. The third-order valence-electron chi connectivity index (χ3n) is 11.9. The number of allylic oxidation sites excluding steroid dienone is 2. The fourth-order valence-electron chi connectivity index (χ4n) is 8.48. The van der Waals surface area contributed by atoms with Gasteiger partial charge < -0.3 is 0 Å². The van der Waals surface area contributed by atoms with Gasteiger partial charge in [-0.25, -0.2) is 24.9 Å². The molecule has 5 aromatic carbocycles. The lowest BCUT2D eigenvalue weighted by molar-refractivity contribution is 0.795. The Morgan fingerprint density at radius 2 is 1.15 bits per heavy atom. The quantitative estimate of drug-likeness (QED) is 0.135. The van der Waals surface area contributed by atoms with Crippen LogP contribution in [-0.2, 0) is 6.42 Å². The summed E-state index contributed by atoms with van der Waals surface area (Å²) in [5, 5.41) is 2.11. The molecule has 4 aromatic heterocycles. The van der Waals surface area contributed by atoms with Gasteiger partial charge in [0.1, 0.15) is 0 Å². The molecule has 1 atom stereocenters. The topological polar surface area (TPSA) is 89.7 Å². The molecule has 0 saturated heterocycles. The maximum atomic E-state index is 5.18. The summed E-state index contributed by atoms with van der Waals surface area (Å²) < 4.78 is 0. The Hall–Kier alpha value is -7.77. The second-order valence-electron chi connectivity index (χ2n) is 16.0. The molecule has 9 aromatic rings. The molecule has 2 aliphatic rings. The smallest absolute Gasteiger partial charge is 0.164 e. The number of fused-ring (bicyclic) bond motifs is 6. The highest BCUT2D eigenvalue weighted by molar-refractivity contribution is 6.08. The molecule has 296 valence electrons. The molecule has 1 aliphatic carbocycles. The highest BCUT2D eigenvalue weighted by Crippen LogP contribution is 2.34. The largest absolute Gasteiger partial charge is 0.259 e. The Bertz CT molecular complexity index is 3260. The summed E-state index contributed by atoms with van der Waals surface area (Å²) in [6.45, 7) is 2.23. The van der Waals surface area contributed by atoms with Crippen molar-refractivity contribution < 1.29 is 0 Å². The zero-order valence-corrected chi connectivity index (χ0v) is 34.3. The molecule has 0 amide bonds. The van der Waals surface area contributed by atoms with Crippen LogP contribution in [0.3, 0.4) is 0 Å². The summed E-state index contributed by atoms with van der Waals surface area (Å²) in [7, 11) is 0. The summed E-state index contributed by atoms with van der Waals surface area (Å²) in [5.74, 6) is 2.00. The number of pyridine rings is 3. The van der Waals surface area contributed by atoms with Gasteiger partial charge in [0.2, 0.25) is 0 Å². The number of aromatic nitrogens is 6. The van der Waals surface area contributed by atoms with E-state index in [0.29, 0.717) is 17.5 Å². The number of unbranched alkanes of at least 4 members (excludes halogenated alkanes) is 1. The average molecular weight is 800 g/mol. The van der Waals surface area contributed by atoms with E-state index in [1.807, 2.05) is 30.6 Å². The van der Waals surface area contributed by atoms with Gasteiger partial charge in [0.15, 0.2) is 17.5 Å². The van der Waals surface area contributed by atoms with Crippen molar-refractivity contribution in [1.82, 2.24) is 29.9 Å². The van der Waals surface area contributed by atoms with Gasteiger partial charge in [-0.3, -0.25) is 9.98 Å². The fraction of sp³-hybridized carbons (Fsp3) is 0.109. The van der Waals surface area contributed by atoms with Crippen molar-refractivity contribution in [3.05, 3.63) is 187 Å². The average Bonchev–Trinajstić information content (AvgIpc) is 3.35. The maximum absolute atomic E-state index is 5.18. The van der Waals surface area contributed by atoms with Gasteiger partial charge in [-0.15, -0.1) is 0 Å². The van der Waals surface area contributed by atoms with Crippen molar-refractivity contribution in [3.8, 4) is 67.8 Å². The minimum Gasteiger partial charge on any atom is -0.259 e. The first-order chi connectivity index (χ1) is 30.6.